The number of piperidine rings is 1. The van der Waals surface area contributed by atoms with Crippen LogP contribution in [0.3, 0.4) is 0 Å². The van der Waals surface area contributed by atoms with Crippen molar-refractivity contribution in [2.75, 3.05) is 18.0 Å². The molecule has 2 aromatic rings. The first-order chi connectivity index (χ1) is 15.5. The van der Waals surface area contributed by atoms with Gasteiger partial charge in [-0.3, -0.25) is 4.99 Å². The molecule has 0 unspecified atom stereocenters. The van der Waals surface area contributed by atoms with E-state index >= 15 is 0 Å². The van der Waals surface area contributed by atoms with Gasteiger partial charge < -0.3 is 10.6 Å². The number of anilines is 1. The van der Waals surface area contributed by atoms with Crippen molar-refractivity contribution in [3.05, 3.63) is 65.2 Å². The van der Waals surface area contributed by atoms with Gasteiger partial charge in [0.1, 0.15) is 10.8 Å². The van der Waals surface area contributed by atoms with Crippen LogP contribution in [0, 0.1) is 5.41 Å². The monoisotopic (exact) mass is 465 g/mol. The van der Waals surface area contributed by atoms with E-state index in [2.05, 4.69) is 21.5 Å². The fourth-order valence-electron chi connectivity index (χ4n) is 5.09. The van der Waals surface area contributed by atoms with E-state index in [0.29, 0.717) is 22.6 Å². The summed E-state index contributed by atoms with van der Waals surface area (Å²) in [6, 6.07) is 5.99. The summed E-state index contributed by atoms with van der Waals surface area (Å²) in [6.07, 6.45) is 14.6. The number of nitrogens with zero attached hydrogens (tertiary/aromatic N) is 4. The molecule has 2 N–H and O–H groups in total. The number of halogens is 1. The number of aromatic nitrogens is 2. The van der Waals surface area contributed by atoms with Gasteiger partial charge in [0.05, 0.1) is 28.8 Å². The van der Waals surface area contributed by atoms with Crippen LogP contribution in [0.5, 0.6) is 0 Å². The van der Waals surface area contributed by atoms with E-state index in [1.807, 2.05) is 36.7 Å². The highest BCUT2D eigenvalue weighted by atomic mass is 35.5. The van der Waals surface area contributed by atoms with Crippen LogP contribution < -0.4 is 10.6 Å². The van der Waals surface area contributed by atoms with Gasteiger partial charge in [-0.1, -0.05) is 61.0 Å². The summed E-state index contributed by atoms with van der Waals surface area (Å²) in [5.74, 6) is 0.975. The SMILES string of the molecule is C=C(N)C1=CCC(c2cccc(Sc3cnc(N4CCC5(CCCC5)CC4)cn3)c2Cl)=N1. The summed E-state index contributed by atoms with van der Waals surface area (Å²) in [5, 5.41) is 1.51. The van der Waals surface area contributed by atoms with Crippen LogP contribution in [0.15, 0.2) is 69.6 Å². The van der Waals surface area contributed by atoms with Crippen LogP contribution in [-0.4, -0.2) is 28.8 Å². The Hall–Kier alpha value is -2.31. The maximum Gasteiger partial charge on any atom is 0.147 e. The van der Waals surface area contributed by atoms with E-state index in [0.717, 1.165) is 45.8 Å². The number of hydrogen-bond donors (Lipinski definition) is 1. The standard InChI is InChI=1S/C25H28ClN5S/c1-17(27)19-7-8-20(30-19)18-5-4-6-21(24(18)26)32-23-16-28-22(15-29-23)31-13-11-25(12-14-31)9-2-3-10-25/h4-7,15-16H,1-3,8-14,27H2. The van der Waals surface area contributed by atoms with E-state index in [4.69, 9.17) is 22.3 Å². The van der Waals surface area contributed by atoms with E-state index in [1.165, 1.54) is 50.3 Å². The van der Waals surface area contributed by atoms with Gasteiger partial charge in [-0.2, -0.15) is 0 Å². The van der Waals surface area contributed by atoms with E-state index in [9.17, 15) is 0 Å². The van der Waals surface area contributed by atoms with Gasteiger partial charge in [-0.15, -0.1) is 0 Å². The molecule has 7 heteroatoms. The van der Waals surface area contributed by atoms with Crippen LogP contribution in [0.25, 0.3) is 0 Å². The van der Waals surface area contributed by atoms with Gasteiger partial charge >= 0.3 is 0 Å². The Labute approximate surface area is 198 Å². The number of rotatable bonds is 5. The second-order valence-electron chi connectivity index (χ2n) is 9.00. The van der Waals surface area contributed by atoms with Crippen molar-refractivity contribution in [3.63, 3.8) is 0 Å². The normalized spacial score (nSPS) is 19.8. The lowest BCUT2D eigenvalue weighted by atomic mass is 9.77. The Morgan fingerprint density at radius 3 is 2.53 bits per heavy atom. The quantitative estimate of drug-likeness (QED) is 0.587. The summed E-state index contributed by atoms with van der Waals surface area (Å²) < 4.78 is 0. The topological polar surface area (TPSA) is 67.4 Å². The summed E-state index contributed by atoms with van der Waals surface area (Å²) in [6.45, 7) is 5.94. The minimum atomic E-state index is 0.476. The fraction of sp³-hybridized carbons (Fsp3) is 0.400. The predicted octanol–water partition coefficient (Wildman–Crippen LogP) is 5.99. The molecule has 1 aliphatic carbocycles. The minimum absolute atomic E-state index is 0.476. The molecule has 3 heterocycles. The molecule has 166 valence electrons. The zero-order valence-corrected chi connectivity index (χ0v) is 19.8. The molecule has 2 aliphatic heterocycles. The Morgan fingerprint density at radius 2 is 1.88 bits per heavy atom. The molecular weight excluding hydrogens is 438 g/mol. The third-order valence-corrected chi connectivity index (χ3v) is 8.49. The molecule has 0 amide bonds. The molecule has 0 atom stereocenters. The Morgan fingerprint density at radius 1 is 1.09 bits per heavy atom. The molecule has 1 spiro atoms. The molecule has 0 radical (unpaired) electrons. The first-order valence-electron chi connectivity index (χ1n) is 11.3. The zero-order chi connectivity index (χ0) is 22.1. The molecule has 1 aromatic heterocycles. The van der Waals surface area contributed by atoms with Gasteiger partial charge in [0.2, 0.25) is 0 Å². The lowest BCUT2D eigenvalue weighted by Crippen LogP contribution is -2.39. The van der Waals surface area contributed by atoms with E-state index in [1.54, 1.807) is 0 Å². The largest absolute Gasteiger partial charge is 0.397 e. The van der Waals surface area contributed by atoms with Crippen molar-refractivity contribution in [2.24, 2.45) is 16.1 Å². The first kappa shape index (κ1) is 21.5. The van der Waals surface area contributed by atoms with E-state index in [-0.39, 0.29) is 0 Å². The third kappa shape index (κ3) is 4.30. The number of allylic oxidation sites excluding steroid dienone is 1. The van der Waals surface area contributed by atoms with Gasteiger partial charge in [-0.25, -0.2) is 9.97 Å². The van der Waals surface area contributed by atoms with Crippen molar-refractivity contribution in [1.29, 1.82) is 0 Å². The number of benzene rings is 1. The van der Waals surface area contributed by atoms with Gasteiger partial charge in [0.25, 0.3) is 0 Å². The Bertz CT molecular complexity index is 1080. The smallest absolute Gasteiger partial charge is 0.147 e. The van der Waals surface area contributed by atoms with Crippen molar-refractivity contribution in [1.82, 2.24) is 9.97 Å². The highest BCUT2D eigenvalue weighted by Gasteiger charge is 2.37. The summed E-state index contributed by atoms with van der Waals surface area (Å²) in [5.41, 5.74) is 9.42. The predicted molar refractivity (Wildman–Crippen MR) is 133 cm³/mol. The average molecular weight is 466 g/mol. The highest BCUT2D eigenvalue weighted by molar-refractivity contribution is 7.99. The van der Waals surface area contributed by atoms with Crippen molar-refractivity contribution in [2.45, 2.75) is 54.9 Å². The molecular formula is C25H28ClN5S. The number of aliphatic imine (C=N–C) groups is 1. The molecule has 5 rings (SSSR count). The molecule has 1 aromatic carbocycles. The summed E-state index contributed by atoms with van der Waals surface area (Å²) in [7, 11) is 0. The fourth-order valence-corrected chi connectivity index (χ4v) is 6.22. The molecule has 3 aliphatic rings. The average Bonchev–Trinajstić information content (AvgIpc) is 3.47. The van der Waals surface area contributed by atoms with Crippen molar-refractivity contribution < 1.29 is 0 Å². The molecule has 2 fully saturated rings. The summed E-state index contributed by atoms with van der Waals surface area (Å²) >= 11 is 8.27. The molecule has 0 bridgehead atoms. The Balaban J connectivity index is 1.26. The van der Waals surface area contributed by atoms with Crippen LogP contribution in [0.2, 0.25) is 5.02 Å². The van der Waals surface area contributed by atoms with Crippen LogP contribution in [0.1, 0.15) is 50.5 Å². The van der Waals surface area contributed by atoms with E-state index < -0.39 is 0 Å². The van der Waals surface area contributed by atoms with Crippen molar-refractivity contribution in [3.8, 4) is 0 Å². The van der Waals surface area contributed by atoms with Crippen molar-refractivity contribution >= 4 is 34.9 Å². The van der Waals surface area contributed by atoms with Crippen LogP contribution in [-0.2, 0) is 0 Å². The summed E-state index contributed by atoms with van der Waals surface area (Å²) in [4.78, 5) is 17.3. The minimum Gasteiger partial charge on any atom is -0.397 e. The molecule has 32 heavy (non-hydrogen) atoms. The first-order valence-corrected chi connectivity index (χ1v) is 12.5. The van der Waals surface area contributed by atoms with Crippen LogP contribution in [0.4, 0.5) is 5.82 Å². The second-order valence-corrected chi connectivity index (χ2v) is 10.4. The maximum atomic E-state index is 6.74. The number of nitrogens with two attached hydrogens (primary N) is 1. The van der Waals surface area contributed by atoms with Crippen LogP contribution >= 0.6 is 23.4 Å². The van der Waals surface area contributed by atoms with Gasteiger partial charge in [0, 0.05) is 35.7 Å². The highest BCUT2D eigenvalue weighted by Crippen LogP contribution is 2.46. The second kappa shape index (κ2) is 8.91. The molecule has 1 saturated carbocycles. The van der Waals surface area contributed by atoms with Gasteiger partial charge in [-0.05, 0) is 37.2 Å². The Kier molecular flexibility index (Phi) is 5.99. The lowest BCUT2D eigenvalue weighted by molar-refractivity contribution is 0.226. The molecule has 1 saturated heterocycles. The maximum absolute atomic E-state index is 6.74. The van der Waals surface area contributed by atoms with Gasteiger partial charge in [0.15, 0.2) is 0 Å². The third-order valence-electron chi connectivity index (χ3n) is 6.99. The number of hydrogen-bond acceptors (Lipinski definition) is 6. The zero-order valence-electron chi connectivity index (χ0n) is 18.2. The lowest BCUT2D eigenvalue weighted by Gasteiger charge is -2.39. The molecule has 5 nitrogen and oxygen atoms in total.